The summed E-state index contributed by atoms with van der Waals surface area (Å²) in [6.07, 6.45) is 6.48. The van der Waals surface area contributed by atoms with E-state index >= 15 is 0 Å². The maximum Gasteiger partial charge on any atom is 0.350 e. The van der Waals surface area contributed by atoms with Crippen LogP contribution >= 0.6 is 0 Å². The molecule has 0 unspecified atom stereocenters. The van der Waals surface area contributed by atoms with Crippen LogP contribution in [0.4, 0.5) is 0 Å². The number of phenolic OH excluding ortho intramolecular Hbond substituents is 2. The molecule has 75 heavy (non-hydrogen) atoms. The molecule has 8 rings (SSSR count). The Kier molecular flexibility index (Phi) is 24.6. The van der Waals surface area contributed by atoms with Crippen molar-refractivity contribution in [2.45, 2.75) is 53.4 Å². The van der Waals surface area contributed by atoms with E-state index in [0.717, 1.165) is 36.8 Å². The molecule has 0 spiro atoms. The zero-order valence-electron chi connectivity index (χ0n) is 43.0. The van der Waals surface area contributed by atoms with Gasteiger partial charge in [-0.25, -0.2) is 0 Å². The molecular formula is C66H68O8Ti+4. The van der Waals surface area contributed by atoms with E-state index in [-0.39, 0.29) is 44.8 Å². The van der Waals surface area contributed by atoms with Gasteiger partial charge < -0.3 is 30.6 Å². The van der Waals surface area contributed by atoms with Crippen LogP contribution in [0.3, 0.4) is 0 Å². The van der Waals surface area contributed by atoms with Gasteiger partial charge >= 0.3 is 11.6 Å². The molecule has 0 fully saturated rings. The van der Waals surface area contributed by atoms with Crippen LogP contribution in [0.1, 0.15) is 97.9 Å². The van der Waals surface area contributed by atoms with E-state index in [1.807, 2.05) is 146 Å². The number of hydrogen-bond acceptors (Lipinski definition) is 4. The first-order valence-corrected chi connectivity index (χ1v) is 24.7. The number of aliphatic hydroxyl groups is 2. The summed E-state index contributed by atoms with van der Waals surface area (Å²) in [6.45, 7) is 8.60. The van der Waals surface area contributed by atoms with Crippen LogP contribution in [0, 0.1) is 0 Å². The molecular weight excluding hydrogens is 969 g/mol. The van der Waals surface area contributed by atoms with Gasteiger partial charge in [-0.2, -0.15) is 0 Å². The van der Waals surface area contributed by atoms with Crippen molar-refractivity contribution in [3.05, 3.63) is 275 Å². The Bertz CT molecular complexity index is 2780. The predicted molar refractivity (Wildman–Crippen MR) is 309 cm³/mol. The van der Waals surface area contributed by atoms with Crippen LogP contribution in [0.15, 0.2) is 231 Å². The van der Waals surface area contributed by atoms with Crippen LogP contribution in [0.2, 0.25) is 0 Å². The van der Waals surface area contributed by atoms with Crippen molar-refractivity contribution in [2.75, 3.05) is 0 Å². The minimum absolute atomic E-state index is 0. The predicted octanol–water partition coefficient (Wildman–Crippen LogP) is 15.5. The molecule has 0 radical (unpaired) electrons. The summed E-state index contributed by atoms with van der Waals surface area (Å²) in [7, 11) is 0. The van der Waals surface area contributed by atoms with Gasteiger partial charge in [0.15, 0.2) is 0 Å². The van der Waals surface area contributed by atoms with Gasteiger partial charge in [-0.1, -0.05) is 149 Å². The second kappa shape index (κ2) is 31.2. The van der Waals surface area contributed by atoms with E-state index in [4.69, 9.17) is 10.2 Å². The Morgan fingerprint density at radius 1 is 0.333 bits per heavy atom. The van der Waals surface area contributed by atoms with Crippen molar-refractivity contribution >= 4 is 45.4 Å². The number of phenols is 2. The van der Waals surface area contributed by atoms with Crippen LogP contribution in [-0.4, -0.2) is 51.8 Å². The average molecular weight is 1040 g/mol. The van der Waals surface area contributed by atoms with Gasteiger partial charge in [-0.15, -0.1) is 0 Å². The molecule has 0 aromatic heterocycles. The summed E-state index contributed by atoms with van der Waals surface area (Å²) in [4.78, 5) is 19.7. The average Bonchev–Trinajstić information content (AvgIpc) is 3.44. The van der Waals surface area contributed by atoms with Crippen molar-refractivity contribution in [3.8, 4) is 23.0 Å². The normalized spacial score (nSPS) is 11.5. The summed E-state index contributed by atoms with van der Waals surface area (Å²) in [5, 5.41) is 53.7. The molecule has 10 N–H and O–H groups in total. The molecule has 8 nitrogen and oxygen atoms in total. The third-order valence-electron chi connectivity index (χ3n) is 11.9. The van der Waals surface area contributed by atoms with E-state index in [1.165, 1.54) is 45.6 Å². The van der Waals surface area contributed by atoms with Gasteiger partial charge in [0.25, 0.3) is 11.5 Å². The van der Waals surface area contributed by atoms with Gasteiger partial charge in [0.05, 0.1) is 23.3 Å². The first kappa shape index (κ1) is 59.1. The summed E-state index contributed by atoms with van der Waals surface area (Å²) in [5.74, 6) is 1.85. The summed E-state index contributed by atoms with van der Waals surface area (Å²) in [6, 6.07) is 66.5. The quantitative estimate of drug-likeness (QED) is 0.0212. The maximum absolute atomic E-state index is 9.83. The summed E-state index contributed by atoms with van der Waals surface area (Å²) >= 11 is 0. The van der Waals surface area contributed by atoms with Crippen molar-refractivity contribution < 1.29 is 61.9 Å². The fourth-order valence-electron chi connectivity index (χ4n) is 8.06. The summed E-state index contributed by atoms with van der Waals surface area (Å²) in [5.41, 5.74) is 12.6. The number of aliphatic hydroxyl groups excluding tert-OH is 2. The Labute approximate surface area is 456 Å². The minimum atomic E-state index is 0. The third-order valence-corrected chi connectivity index (χ3v) is 11.9. The molecule has 380 valence electrons. The van der Waals surface area contributed by atoms with Crippen molar-refractivity contribution in [2.24, 2.45) is 0 Å². The second-order valence-corrected chi connectivity index (χ2v) is 16.9. The Morgan fingerprint density at radius 3 is 0.773 bits per heavy atom. The molecule has 0 saturated heterocycles. The van der Waals surface area contributed by atoms with E-state index in [1.54, 1.807) is 72.8 Å². The summed E-state index contributed by atoms with van der Waals surface area (Å²) < 4.78 is 0. The van der Waals surface area contributed by atoms with Crippen LogP contribution in [0.25, 0.3) is 33.8 Å². The van der Waals surface area contributed by atoms with Gasteiger partial charge in [-0.05, 0) is 143 Å². The van der Waals surface area contributed by atoms with Gasteiger partial charge in [0.2, 0.25) is 0 Å². The third kappa shape index (κ3) is 18.5. The smallest absolute Gasteiger partial charge is 0.350 e. The molecule has 0 bridgehead atoms. The largest absolute Gasteiger partial charge is 0.593 e. The molecule has 0 aliphatic rings. The van der Waals surface area contributed by atoms with E-state index in [9.17, 15) is 30.0 Å². The first-order chi connectivity index (χ1) is 35.8. The monoisotopic (exact) mass is 1040 g/mol. The Balaban J connectivity index is 0.000000216. The fraction of sp³-hybridized carbons (Fsp3) is 0.121. The fourth-order valence-corrected chi connectivity index (χ4v) is 8.06. The van der Waals surface area contributed by atoms with Crippen molar-refractivity contribution in [1.29, 1.82) is 0 Å². The topological polar surface area (TPSA) is 170 Å². The van der Waals surface area contributed by atoms with E-state index in [2.05, 4.69) is 27.7 Å². The SMILES string of the molecule is CCC(=C(CC)c1ccc([OH2+])cc1)c1ccc(O)cc1.CCC(=C(CC)c1ccc([OH2+])cc1)c1ccc(O)cc1.O/C(=C\C(=[OH+])c1ccccc1)c1ccccc1.O/C(=C\C(=[OH+])c1ccccc1)c1ccccc1.[Ti]. The number of carbonyl (C=O) groups excluding carboxylic acids is 2. The number of aromatic hydroxyl groups is 2. The van der Waals surface area contributed by atoms with Gasteiger partial charge in [0, 0.05) is 57.1 Å². The number of rotatable bonds is 14. The molecule has 0 saturated carbocycles. The van der Waals surface area contributed by atoms with E-state index < -0.39 is 0 Å². The standard InChI is InChI=1S/2C18H20O2.2C15H12O2.Ti/c2*1-3-17(13-5-9-15(19)10-6-13)18(4-2)14-7-11-16(20)12-8-14;2*16-14(12-7-3-1-4-8-12)11-15(17)13-9-5-2-6-10-13;/h2*5-12,19-20H,3-4H2,1-2H3;2*1-11,16H;/p+4/b;;2*14-11-;. The molecule has 0 aliphatic heterocycles. The number of benzene rings is 8. The molecule has 8 aromatic rings. The van der Waals surface area contributed by atoms with Crippen molar-refractivity contribution in [3.63, 3.8) is 0 Å². The maximum atomic E-state index is 9.83. The molecule has 0 heterocycles. The Morgan fingerprint density at radius 2 is 0.547 bits per heavy atom. The first-order valence-electron chi connectivity index (χ1n) is 24.7. The number of ketones is 2. The van der Waals surface area contributed by atoms with Gasteiger partial charge in [-0.3, -0.25) is 9.59 Å². The molecule has 0 amide bonds. The molecule has 0 atom stereocenters. The van der Waals surface area contributed by atoms with Crippen LogP contribution in [-0.2, 0) is 21.7 Å². The minimum Gasteiger partial charge on any atom is -0.593 e. The molecule has 0 aliphatic carbocycles. The Hall–Kier alpha value is -8.43. The van der Waals surface area contributed by atoms with Crippen LogP contribution in [0.5, 0.6) is 23.0 Å². The number of hydrogen-bond donors (Lipinski definition) is 4. The zero-order chi connectivity index (χ0) is 53.2. The van der Waals surface area contributed by atoms with E-state index in [0.29, 0.717) is 45.3 Å². The van der Waals surface area contributed by atoms with Crippen molar-refractivity contribution in [1.82, 2.24) is 0 Å². The second-order valence-electron chi connectivity index (χ2n) is 16.9. The molecule has 8 aromatic carbocycles. The molecule has 9 heteroatoms. The van der Waals surface area contributed by atoms with Crippen LogP contribution < -0.4 is 0 Å². The van der Waals surface area contributed by atoms with Gasteiger partial charge in [0.1, 0.15) is 23.0 Å². The zero-order valence-corrected chi connectivity index (χ0v) is 44.5. The number of allylic oxidation sites excluding steroid dienone is 6.